The predicted molar refractivity (Wildman–Crippen MR) is 90.4 cm³/mol. The molecule has 4 heteroatoms. The van der Waals surface area contributed by atoms with Crippen molar-refractivity contribution in [2.75, 3.05) is 5.32 Å². The van der Waals surface area contributed by atoms with E-state index in [1.807, 2.05) is 25.1 Å². The van der Waals surface area contributed by atoms with E-state index in [0.717, 1.165) is 16.8 Å². The molecule has 2 aromatic rings. The zero-order valence-corrected chi connectivity index (χ0v) is 13.9. The second-order valence-corrected chi connectivity index (χ2v) is 5.90. The maximum absolute atomic E-state index is 12.9. The highest BCUT2D eigenvalue weighted by molar-refractivity contribution is 5.95. The highest BCUT2D eigenvalue weighted by Crippen LogP contribution is 2.27. The third-order valence-corrected chi connectivity index (χ3v) is 3.67. The average molecular weight is 315 g/mol. The monoisotopic (exact) mass is 315 g/mol. The summed E-state index contributed by atoms with van der Waals surface area (Å²) in [5.74, 6) is 0.197. The van der Waals surface area contributed by atoms with E-state index in [4.69, 9.17) is 4.74 Å². The van der Waals surface area contributed by atoms with Gasteiger partial charge in [-0.25, -0.2) is 4.39 Å². The van der Waals surface area contributed by atoms with E-state index >= 15 is 0 Å². The summed E-state index contributed by atoms with van der Waals surface area (Å²) in [4.78, 5) is 12.4. The number of nitrogens with one attached hydrogen (secondary N) is 1. The van der Waals surface area contributed by atoms with Gasteiger partial charge in [0.05, 0.1) is 0 Å². The third kappa shape index (κ3) is 4.31. The van der Waals surface area contributed by atoms with Crippen LogP contribution < -0.4 is 10.1 Å². The van der Waals surface area contributed by atoms with Crippen molar-refractivity contribution >= 4 is 11.6 Å². The Balaban J connectivity index is 2.11. The zero-order valence-electron chi connectivity index (χ0n) is 13.9. The molecular formula is C19H22FNO2. The summed E-state index contributed by atoms with van der Waals surface area (Å²) >= 11 is 0. The number of para-hydroxylation sites is 1. The molecule has 1 unspecified atom stereocenters. The van der Waals surface area contributed by atoms with Gasteiger partial charge in [-0.1, -0.05) is 32.0 Å². The fourth-order valence-electron chi connectivity index (χ4n) is 2.34. The van der Waals surface area contributed by atoms with Crippen LogP contribution in [-0.4, -0.2) is 12.0 Å². The molecule has 0 saturated heterocycles. The van der Waals surface area contributed by atoms with E-state index in [0.29, 0.717) is 11.7 Å². The van der Waals surface area contributed by atoms with Crippen LogP contribution in [0.5, 0.6) is 5.75 Å². The Bertz CT molecular complexity index is 680. The molecule has 0 heterocycles. The molecule has 122 valence electrons. The lowest BCUT2D eigenvalue weighted by Crippen LogP contribution is -2.30. The van der Waals surface area contributed by atoms with Crippen molar-refractivity contribution in [3.8, 4) is 5.75 Å². The van der Waals surface area contributed by atoms with Crippen molar-refractivity contribution in [2.45, 2.75) is 39.7 Å². The first kappa shape index (κ1) is 17.0. The summed E-state index contributed by atoms with van der Waals surface area (Å²) in [6.07, 6.45) is -0.680. The van der Waals surface area contributed by atoms with E-state index < -0.39 is 6.10 Å². The van der Waals surface area contributed by atoms with Gasteiger partial charge in [-0.05, 0) is 55.2 Å². The number of ether oxygens (including phenoxy) is 1. The number of halogens is 1. The second-order valence-electron chi connectivity index (χ2n) is 5.90. The summed E-state index contributed by atoms with van der Waals surface area (Å²) in [5.41, 5.74) is 2.94. The van der Waals surface area contributed by atoms with Gasteiger partial charge in [-0.15, -0.1) is 0 Å². The SMILES string of the molecule is Cc1cccc(C(C)C)c1NC(=O)C(C)Oc1ccc(F)cc1. The molecule has 1 atom stereocenters. The molecule has 0 aliphatic heterocycles. The smallest absolute Gasteiger partial charge is 0.265 e. The summed E-state index contributed by atoms with van der Waals surface area (Å²) in [7, 11) is 0. The number of aryl methyl sites for hydroxylation is 1. The molecule has 0 bridgehead atoms. The van der Waals surface area contributed by atoms with Crippen molar-refractivity contribution in [2.24, 2.45) is 0 Å². The van der Waals surface area contributed by atoms with Crippen LogP contribution in [0.25, 0.3) is 0 Å². The van der Waals surface area contributed by atoms with Crippen LogP contribution in [0.2, 0.25) is 0 Å². The summed E-state index contributed by atoms with van der Waals surface area (Å²) < 4.78 is 18.5. The number of rotatable bonds is 5. The van der Waals surface area contributed by atoms with E-state index in [1.54, 1.807) is 6.92 Å². The highest BCUT2D eigenvalue weighted by Gasteiger charge is 2.18. The normalized spacial score (nSPS) is 12.1. The fourth-order valence-corrected chi connectivity index (χ4v) is 2.34. The van der Waals surface area contributed by atoms with Gasteiger partial charge in [0.25, 0.3) is 5.91 Å². The number of benzene rings is 2. The third-order valence-electron chi connectivity index (χ3n) is 3.67. The van der Waals surface area contributed by atoms with Crippen molar-refractivity contribution in [3.05, 3.63) is 59.4 Å². The lowest BCUT2D eigenvalue weighted by atomic mass is 9.98. The number of hydrogen-bond acceptors (Lipinski definition) is 2. The quantitative estimate of drug-likeness (QED) is 0.871. The molecular weight excluding hydrogens is 293 g/mol. The highest BCUT2D eigenvalue weighted by atomic mass is 19.1. The van der Waals surface area contributed by atoms with Crippen LogP contribution in [0.1, 0.15) is 37.8 Å². The number of amides is 1. The van der Waals surface area contributed by atoms with E-state index in [1.165, 1.54) is 24.3 Å². The lowest BCUT2D eigenvalue weighted by Gasteiger charge is -2.19. The van der Waals surface area contributed by atoms with Gasteiger partial charge in [0, 0.05) is 5.69 Å². The Kier molecular flexibility index (Phi) is 5.37. The summed E-state index contributed by atoms with van der Waals surface area (Å²) in [6.45, 7) is 7.81. The molecule has 1 amide bonds. The Morgan fingerprint density at radius 1 is 1.09 bits per heavy atom. The van der Waals surface area contributed by atoms with Crippen LogP contribution in [0, 0.1) is 12.7 Å². The van der Waals surface area contributed by atoms with E-state index in [-0.39, 0.29) is 11.7 Å². The van der Waals surface area contributed by atoms with E-state index in [2.05, 4.69) is 19.2 Å². The molecule has 23 heavy (non-hydrogen) atoms. The summed E-state index contributed by atoms with van der Waals surface area (Å²) in [5, 5.41) is 2.95. The molecule has 0 aromatic heterocycles. The topological polar surface area (TPSA) is 38.3 Å². The molecule has 2 aromatic carbocycles. The minimum Gasteiger partial charge on any atom is -0.481 e. The first-order valence-corrected chi connectivity index (χ1v) is 7.71. The van der Waals surface area contributed by atoms with Gasteiger partial charge >= 0.3 is 0 Å². The van der Waals surface area contributed by atoms with Gasteiger partial charge < -0.3 is 10.1 Å². The predicted octanol–water partition coefficient (Wildman–Crippen LogP) is 4.66. The van der Waals surface area contributed by atoms with Crippen LogP contribution in [0.3, 0.4) is 0 Å². The van der Waals surface area contributed by atoms with Gasteiger partial charge in [-0.3, -0.25) is 4.79 Å². The minimum atomic E-state index is -0.680. The molecule has 0 fully saturated rings. The largest absolute Gasteiger partial charge is 0.481 e. The maximum atomic E-state index is 12.9. The first-order valence-electron chi connectivity index (χ1n) is 7.71. The molecule has 3 nitrogen and oxygen atoms in total. The van der Waals surface area contributed by atoms with Crippen LogP contribution in [-0.2, 0) is 4.79 Å². The first-order chi connectivity index (χ1) is 10.9. The molecule has 2 rings (SSSR count). The molecule has 0 radical (unpaired) electrons. The van der Waals surface area contributed by atoms with Crippen LogP contribution in [0.4, 0.5) is 10.1 Å². The van der Waals surface area contributed by atoms with Gasteiger partial charge in [0.1, 0.15) is 11.6 Å². The standard InChI is InChI=1S/C19H22FNO2/c1-12(2)17-7-5-6-13(3)18(17)21-19(22)14(4)23-16-10-8-15(20)9-11-16/h5-12,14H,1-4H3,(H,21,22). The van der Waals surface area contributed by atoms with Crippen molar-refractivity contribution in [1.29, 1.82) is 0 Å². The number of carbonyl (C=O) groups is 1. The fraction of sp³-hybridized carbons (Fsp3) is 0.316. The number of hydrogen-bond donors (Lipinski definition) is 1. The molecule has 0 aliphatic carbocycles. The summed E-state index contributed by atoms with van der Waals surface area (Å²) in [6, 6.07) is 11.6. The van der Waals surface area contributed by atoms with Gasteiger partial charge in [0.15, 0.2) is 6.10 Å². The van der Waals surface area contributed by atoms with Crippen molar-refractivity contribution in [1.82, 2.24) is 0 Å². The van der Waals surface area contributed by atoms with Gasteiger partial charge in [-0.2, -0.15) is 0 Å². The Morgan fingerprint density at radius 2 is 1.74 bits per heavy atom. The molecule has 1 N–H and O–H groups in total. The van der Waals surface area contributed by atoms with Gasteiger partial charge in [0.2, 0.25) is 0 Å². The Labute approximate surface area is 136 Å². The molecule has 0 saturated carbocycles. The number of anilines is 1. The van der Waals surface area contributed by atoms with E-state index in [9.17, 15) is 9.18 Å². The lowest BCUT2D eigenvalue weighted by molar-refractivity contribution is -0.122. The Morgan fingerprint density at radius 3 is 2.35 bits per heavy atom. The minimum absolute atomic E-state index is 0.231. The van der Waals surface area contributed by atoms with Crippen LogP contribution in [0.15, 0.2) is 42.5 Å². The maximum Gasteiger partial charge on any atom is 0.265 e. The second kappa shape index (κ2) is 7.27. The number of carbonyl (C=O) groups excluding carboxylic acids is 1. The van der Waals surface area contributed by atoms with Crippen molar-refractivity contribution in [3.63, 3.8) is 0 Å². The van der Waals surface area contributed by atoms with Crippen LogP contribution >= 0.6 is 0 Å². The molecule has 0 spiro atoms. The Hall–Kier alpha value is -2.36. The molecule has 0 aliphatic rings. The average Bonchev–Trinajstić information content (AvgIpc) is 2.51. The van der Waals surface area contributed by atoms with Crippen molar-refractivity contribution < 1.29 is 13.9 Å². The zero-order chi connectivity index (χ0) is 17.0.